The molecule has 182 valence electrons. The van der Waals surface area contributed by atoms with Crippen LogP contribution in [0.5, 0.6) is 0 Å². The van der Waals surface area contributed by atoms with Crippen LogP contribution < -0.4 is 0 Å². The van der Waals surface area contributed by atoms with Gasteiger partial charge >= 0.3 is 6.18 Å². The average molecular weight is 508 g/mol. The molecule has 1 aliphatic rings. The van der Waals surface area contributed by atoms with Gasteiger partial charge in [0.25, 0.3) is 0 Å². The van der Waals surface area contributed by atoms with E-state index in [1.165, 1.54) is 23.9 Å². The molecule has 0 spiro atoms. The molecule has 10 heteroatoms. The number of hydrogen-bond donors (Lipinski definition) is 1. The zero-order valence-corrected chi connectivity index (χ0v) is 19.7. The Balaban J connectivity index is 1.10. The number of nitrogens with one attached hydrogen (secondary N) is 1. The Morgan fingerprint density at radius 3 is 2.64 bits per heavy atom. The van der Waals surface area contributed by atoms with Crippen molar-refractivity contribution in [3.63, 3.8) is 0 Å². The van der Waals surface area contributed by atoms with Crippen LogP contribution in [-0.2, 0) is 25.7 Å². The van der Waals surface area contributed by atoms with E-state index in [9.17, 15) is 13.2 Å². The van der Waals surface area contributed by atoms with Crippen LogP contribution in [0.15, 0.2) is 81.5 Å². The highest BCUT2D eigenvalue weighted by Crippen LogP contribution is 2.32. The number of H-pyrrole nitrogens is 1. The van der Waals surface area contributed by atoms with Crippen LogP contribution in [0.1, 0.15) is 22.6 Å². The Morgan fingerprint density at radius 2 is 1.83 bits per heavy atom. The lowest BCUT2D eigenvalue weighted by Gasteiger charge is -2.27. The molecule has 0 amide bonds. The van der Waals surface area contributed by atoms with Crippen molar-refractivity contribution in [2.24, 2.45) is 0 Å². The van der Waals surface area contributed by atoms with Crippen molar-refractivity contribution in [3.05, 3.63) is 89.4 Å². The first-order valence-electron chi connectivity index (χ1n) is 11.4. The smallest absolute Gasteiger partial charge is 0.416 e. The number of fused-ring (bicyclic) bond motifs is 2. The quantitative estimate of drug-likeness (QED) is 0.299. The van der Waals surface area contributed by atoms with Crippen LogP contribution in [0.2, 0.25) is 0 Å². The summed E-state index contributed by atoms with van der Waals surface area (Å²) in [5.41, 5.74) is 3.73. The van der Waals surface area contributed by atoms with Crippen molar-refractivity contribution < 1.29 is 17.6 Å². The van der Waals surface area contributed by atoms with Crippen LogP contribution in [0, 0.1) is 0 Å². The summed E-state index contributed by atoms with van der Waals surface area (Å²) < 4.78 is 44.5. The zero-order valence-electron chi connectivity index (χ0n) is 18.9. The monoisotopic (exact) mass is 507 g/mol. The van der Waals surface area contributed by atoms with E-state index in [4.69, 9.17) is 4.42 Å². The molecule has 0 radical (unpaired) electrons. The second-order valence-corrected chi connectivity index (χ2v) is 9.58. The lowest BCUT2D eigenvalue weighted by Crippen LogP contribution is -2.30. The molecule has 5 aromatic rings. The van der Waals surface area contributed by atoms with Crippen molar-refractivity contribution in [3.8, 4) is 11.4 Å². The number of furan rings is 1. The summed E-state index contributed by atoms with van der Waals surface area (Å²) in [6.07, 6.45) is -1.86. The fraction of sp³-hybridized carbons (Fsp3) is 0.192. The summed E-state index contributed by atoms with van der Waals surface area (Å²) in [6, 6.07) is 16.8. The Labute approximate surface area is 208 Å². The first kappa shape index (κ1) is 22.8. The molecule has 6 nitrogen and oxygen atoms in total. The summed E-state index contributed by atoms with van der Waals surface area (Å²) >= 11 is 1.45. The second kappa shape index (κ2) is 9.11. The Kier molecular flexibility index (Phi) is 5.77. The maximum absolute atomic E-state index is 12.8. The predicted molar refractivity (Wildman–Crippen MR) is 129 cm³/mol. The van der Waals surface area contributed by atoms with E-state index in [0.29, 0.717) is 24.5 Å². The van der Waals surface area contributed by atoms with Crippen molar-refractivity contribution in [1.82, 2.24) is 24.8 Å². The minimum Gasteiger partial charge on any atom is -0.453 e. The fourth-order valence-corrected chi connectivity index (χ4v) is 5.03. The Hall–Kier alpha value is -3.63. The minimum atomic E-state index is -4.36. The van der Waals surface area contributed by atoms with Crippen molar-refractivity contribution in [2.45, 2.75) is 35.9 Å². The maximum atomic E-state index is 12.8. The predicted octanol–water partition coefficient (Wildman–Crippen LogP) is 6.34. The molecule has 1 aliphatic heterocycles. The summed E-state index contributed by atoms with van der Waals surface area (Å²) in [6.45, 7) is 2.12. The van der Waals surface area contributed by atoms with E-state index in [1.54, 1.807) is 6.20 Å². The number of benzene rings is 2. The lowest BCUT2D eigenvalue weighted by molar-refractivity contribution is -0.137. The third-order valence-electron chi connectivity index (χ3n) is 6.06. The van der Waals surface area contributed by atoms with Gasteiger partial charge < -0.3 is 9.40 Å². The number of hydrogen-bond acceptors (Lipinski definition) is 6. The molecule has 0 bridgehead atoms. The molecule has 0 unspecified atom stereocenters. The molecule has 0 saturated heterocycles. The highest BCUT2D eigenvalue weighted by Gasteiger charge is 2.30. The van der Waals surface area contributed by atoms with E-state index in [2.05, 4.69) is 24.8 Å². The Morgan fingerprint density at radius 1 is 1.00 bits per heavy atom. The molecular weight excluding hydrogens is 487 g/mol. The van der Waals surface area contributed by atoms with Gasteiger partial charge in [-0.3, -0.25) is 4.90 Å². The number of aromatic amines is 1. The van der Waals surface area contributed by atoms with E-state index in [-0.39, 0.29) is 0 Å². The van der Waals surface area contributed by atoms with Gasteiger partial charge in [-0.25, -0.2) is 15.0 Å². The van der Waals surface area contributed by atoms with Gasteiger partial charge in [0, 0.05) is 36.8 Å². The number of para-hydroxylation sites is 2. The van der Waals surface area contributed by atoms with Crippen LogP contribution >= 0.6 is 11.8 Å². The molecule has 6 rings (SSSR count). The van der Waals surface area contributed by atoms with Crippen molar-refractivity contribution >= 4 is 22.8 Å². The van der Waals surface area contributed by atoms with Crippen LogP contribution in [0.3, 0.4) is 0 Å². The molecule has 0 aliphatic carbocycles. The molecule has 36 heavy (non-hydrogen) atoms. The lowest BCUT2D eigenvalue weighted by atomic mass is 10.1. The van der Waals surface area contributed by atoms with E-state index >= 15 is 0 Å². The number of nitrogens with zero attached hydrogens (tertiary/aromatic N) is 4. The van der Waals surface area contributed by atoms with Gasteiger partial charge in [0.05, 0.1) is 28.8 Å². The zero-order chi connectivity index (χ0) is 24.7. The van der Waals surface area contributed by atoms with Gasteiger partial charge in [-0.15, -0.1) is 0 Å². The van der Waals surface area contributed by atoms with Crippen molar-refractivity contribution in [1.29, 1.82) is 0 Å². The van der Waals surface area contributed by atoms with Gasteiger partial charge in [-0.05, 0) is 48.2 Å². The van der Waals surface area contributed by atoms with E-state index in [1.807, 2.05) is 36.4 Å². The van der Waals surface area contributed by atoms with Crippen LogP contribution in [0.4, 0.5) is 13.2 Å². The molecule has 0 saturated carbocycles. The SMILES string of the molecule is FC(F)(F)c1ccc(-c2ncc3c(n2)CCN(Cc2ccc(Sc4nc5ccccc5[nH]4)o2)C3)cc1. The average Bonchev–Trinajstić information content (AvgIpc) is 3.49. The first-order chi connectivity index (χ1) is 17.4. The van der Waals surface area contributed by atoms with E-state index in [0.717, 1.165) is 63.4 Å². The highest BCUT2D eigenvalue weighted by atomic mass is 32.2. The first-order valence-corrected chi connectivity index (χ1v) is 12.2. The topological polar surface area (TPSA) is 70.8 Å². The summed E-state index contributed by atoms with van der Waals surface area (Å²) in [4.78, 5) is 19.2. The highest BCUT2D eigenvalue weighted by molar-refractivity contribution is 7.99. The van der Waals surface area contributed by atoms with Gasteiger partial charge in [0.1, 0.15) is 5.76 Å². The molecule has 3 aromatic heterocycles. The Bertz CT molecular complexity index is 1490. The summed E-state index contributed by atoms with van der Waals surface area (Å²) in [5.74, 6) is 1.30. The summed E-state index contributed by atoms with van der Waals surface area (Å²) in [7, 11) is 0. The molecule has 4 heterocycles. The molecule has 1 N–H and O–H groups in total. The second-order valence-electron chi connectivity index (χ2n) is 8.58. The maximum Gasteiger partial charge on any atom is 0.416 e. The normalized spacial score (nSPS) is 14.3. The third-order valence-corrected chi connectivity index (χ3v) is 6.87. The molecule has 2 aromatic carbocycles. The molecule has 0 atom stereocenters. The van der Waals surface area contributed by atoms with Crippen LogP contribution in [-0.4, -0.2) is 31.4 Å². The fourth-order valence-electron chi connectivity index (χ4n) is 4.25. The number of aromatic nitrogens is 4. The molecule has 0 fully saturated rings. The standard InChI is InChI=1S/C26H20F3N5OS/c27-26(28,29)18-7-5-16(6-8-18)24-30-13-17-14-34(12-11-20(17)31-24)15-19-9-10-23(35-19)36-25-32-21-3-1-2-4-22(21)33-25/h1-10,13H,11-12,14-15H2,(H,32,33). The van der Waals surface area contributed by atoms with Gasteiger partial charge in [-0.1, -0.05) is 24.3 Å². The third kappa shape index (κ3) is 4.74. The largest absolute Gasteiger partial charge is 0.453 e. The van der Waals surface area contributed by atoms with Gasteiger partial charge in [0.15, 0.2) is 16.1 Å². The van der Waals surface area contributed by atoms with Gasteiger partial charge in [0.2, 0.25) is 0 Å². The van der Waals surface area contributed by atoms with E-state index < -0.39 is 11.7 Å². The number of imidazole rings is 1. The van der Waals surface area contributed by atoms with Crippen LogP contribution in [0.25, 0.3) is 22.4 Å². The number of rotatable bonds is 5. The van der Waals surface area contributed by atoms with Crippen molar-refractivity contribution in [2.75, 3.05) is 6.54 Å². The number of halogens is 3. The number of alkyl halides is 3. The summed E-state index contributed by atoms with van der Waals surface area (Å²) in [5, 5.41) is 1.55. The molecular formula is C26H20F3N5OS. The minimum absolute atomic E-state index is 0.439. The van der Waals surface area contributed by atoms with Gasteiger partial charge in [-0.2, -0.15) is 13.2 Å².